The third-order valence-electron chi connectivity index (χ3n) is 2.43. The Morgan fingerprint density at radius 2 is 1.60 bits per heavy atom. The van der Waals surface area contributed by atoms with Crippen LogP contribution in [0.4, 0.5) is 4.39 Å². The molecule has 84 valence electrons. The minimum atomic E-state index is -0.372. The second kappa shape index (κ2) is 4.71. The quantitative estimate of drug-likeness (QED) is 0.617. The van der Waals surface area contributed by atoms with Crippen LogP contribution in [-0.2, 0) is 0 Å². The van der Waals surface area contributed by atoms with Crippen LogP contribution < -0.4 is 0 Å². The molecule has 0 saturated heterocycles. The van der Waals surface area contributed by atoms with Crippen LogP contribution in [0.1, 0.15) is 50.7 Å². The van der Waals surface area contributed by atoms with E-state index in [0.29, 0.717) is 10.6 Å². The highest BCUT2D eigenvalue weighted by molar-refractivity contribution is 6.42. The first-order chi connectivity index (χ1) is 6.86. The van der Waals surface area contributed by atoms with Crippen LogP contribution in [0.5, 0.6) is 0 Å². The minimum Gasteiger partial charge on any atom is -0.205 e. The van der Waals surface area contributed by atoms with E-state index in [1.54, 1.807) is 6.07 Å². The Morgan fingerprint density at radius 3 is 2.00 bits per heavy atom. The first-order valence-electron chi connectivity index (χ1n) is 5.03. The van der Waals surface area contributed by atoms with Crippen molar-refractivity contribution in [3.8, 4) is 0 Å². The van der Waals surface area contributed by atoms with E-state index in [1.165, 1.54) is 0 Å². The average Bonchev–Trinajstić information content (AvgIpc) is 2.12. The molecule has 1 rings (SSSR count). The molecule has 0 nitrogen and oxygen atoms in total. The van der Waals surface area contributed by atoms with E-state index in [1.807, 2.05) is 27.7 Å². The van der Waals surface area contributed by atoms with E-state index < -0.39 is 0 Å². The Kier molecular flexibility index (Phi) is 4.02. The predicted octanol–water partition coefficient (Wildman–Crippen LogP) is 5.38. The van der Waals surface area contributed by atoms with Crippen LogP contribution in [0.3, 0.4) is 0 Å². The Bertz CT molecular complexity index is 370. The SMILES string of the molecule is CC(C)c1cc(Cl)c(Cl)c(F)c1C(C)C. The second-order valence-electron chi connectivity index (χ2n) is 4.30. The maximum absolute atomic E-state index is 13.9. The van der Waals surface area contributed by atoms with E-state index in [-0.39, 0.29) is 22.7 Å². The molecule has 0 aliphatic heterocycles. The van der Waals surface area contributed by atoms with Gasteiger partial charge in [0, 0.05) is 0 Å². The fourth-order valence-electron chi connectivity index (χ4n) is 1.69. The summed E-state index contributed by atoms with van der Waals surface area (Å²) in [6.07, 6.45) is 0. The van der Waals surface area contributed by atoms with Gasteiger partial charge in [-0.05, 0) is 29.0 Å². The molecular weight excluding hydrogens is 234 g/mol. The lowest BCUT2D eigenvalue weighted by Crippen LogP contribution is -2.03. The van der Waals surface area contributed by atoms with Gasteiger partial charge in [-0.1, -0.05) is 50.9 Å². The zero-order chi connectivity index (χ0) is 11.7. The van der Waals surface area contributed by atoms with Crippen molar-refractivity contribution >= 4 is 23.2 Å². The normalized spacial score (nSPS) is 11.5. The van der Waals surface area contributed by atoms with Crippen LogP contribution >= 0.6 is 23.2 Å². The van der Waals surface area contributed by atoms with Gasteiger partial charge in [-0.2, -0.15) is 0 Å². The van der Waals surface area contributed by atoms with E-state index in [2.05, 4.69) is 0 Å². The second-order valence-corrected chi connectivity index (χ2v) is 5.08. The average molecular weight is 249 g/mol. The lowest BCUT2D eigenvalue weighted by atomic mass is 9.90. The number of rotatable bonds is 2. The number of benzene rings is 1. The minimum absolute atomic E-state index is 0.0322. The topological polar surface area (TPSA) is 0 Å². The van der Waals surface area contributed by atoms with Crippen LogP contribution in [0, 0.1) is 5.82 Å². The summed E-state index contributed by atoms with van der Waals surface area (Å²) in [5.41, 5.74) is 1.62. The Labute approximate surface area is 100 Å². The molecule has 1 aromatic carbocycles. The Hall–Kier alpha value is -0.270. The molecule has 0 radical (unpaired) electrons. The summed E-state index contributed by atoms with van der Waals surface area (Å²) >= 11 is 11.7. The molecule has 0 N–H and O–H groups in total. The monoisotopic (exact) mass is 248 g/mol. The van der Waals surface area contributed by atoms with Crippen molar-refractivity contribution < 1.29 is 4.39 Å². The third kappa shape index (κ3) is 2.46. The van der Waals surface area contributed by atoms with Crippen LogP contribution in [0.15, 0.2) is 6.07 Å². The van der Waals surface area contributed by atoms with Gasteiger partial charge in [0.2, 0.25) is 0 Å². The van der Waals surface area contributed by atoms with E-state index in [4.69, 9.17) is 23.2 Å². The van der Waals surface area contributed by atoms with Gasteiger partial charge < -0.3 is 0 Å². The summed E-state index contributed by atoms with van der Waals surface area (Å²) in [7, 11) is 0. The van der Waals surface area contributed by atoms with Crippen molar-refractivity contribution in [2.75, 3.05) is 0 Å². The molecule has 1 aromatic rings. The van der Waals surface area contributed by atoms with E-state index in [0.717, 1.165) is 5.56 Å². The lowest BCUT2D eigenvalue weighted by molar-refractivity contribution is 0.590. The van der Waals surface area contributed by atoms with Crippen molar-refractivity contribution in [2.45, 2.75) is 39.5 Å². The summed E-state index contributed by atoms with van der Waals surface area (Å²) in [6, 6.07) is 1.77. The molecule has 0 saturated carbocycles. The van der Waals surface area contributed by atoms with E-state index >= 15 is 0 Å². The molecule has 0 fully saturated rings. The van der Waals surface area contributed by atoms with Gasteiger partial charge in [0.1, 0.15) is 5.82 Å². The van der Waals surface area contributed by atoms with Crippen molar-refractivity contribution in [3.63, 3.8) is 0 Å². The van der Waals surface area contributed by atoms with Crippen molar-refractivity contribution in [2.24, 2.45) is 0 Å². The van der Waals surface area contributed by atoms with Gasteiger partial charge in [0.25, 0.3) is 0 Å². The fourth-order valence-corrected chi connectivity index (χ4v) is 2.05. The predicted molar refractivity (Wildman–Crippen MR) is 64.6 cm³/mol. The molecule has 0 aliphatic rings. The van der Waals surface area contributed by atoms with Gasteiger partial charge in [-0.15, -0.1) is 0 Å². The molecule has 0 heterocycles. The molecule has 0 aromatic heterocycles. The first-order valence-corrected chi connectivity index (χ1v) is 5.79. The highest BCUT2D eigenvalue weighted by atomic mass is 35.5. The van der Waals surface area contributed by atoms with Gasteiger partial charge >= 0.3 is 0 Å². The van der Waals surface area contributed by atoms with Crippen LogP contribution in [0.2, 0.25) is 10.0 Å². The molecule has 0 aliphatic carbocycles. The molecule has 3 heteroatoms. The zero-order valence-electron chi connectivity index (χ0n) is 9.37. The molecule has 0 atom stereocenters. The van der Waals surface area contributed by atoms with Gasteiger partial charge in [-0.3, -0.25) is 0 Å². The maximum Gasteiger partial charge on any atom is 0.147 e. The molecule has 0 bridgehead atoms. The third-order valence-corrected chi connectivity index (χ3v) is 3.20. The standard InChI is InChI=1S/C12H15Cl2F/c1-6(2)8-5-9(13)11(14)12(15)10(8)7(3)4/h5-7H,1-4H3. The summed E-state index contributed by atoms with van der Waals surface area (Å²) in [5, 5.41) is 0.326. The fraction of sp³-hybridized carbons (Fsp3) is 0.500. The highest BCUT2D eigenvalue weighted by Gasteiger charge is 2.19. The van der Waals surface area contributed by atoms with Crippen LogP contribution in [-0.4, -0.2) is 0 Å². The molecule has 0 spiro atoms. The molecule has 15 heavy (non-hydrogen) atoms. The molecule has 0 unspecified atom stereocenters. The summed E-state index contributed by atoms with van der Waals surface area (Å²) in [4.78, 5) is 0. The van der Waals surface area contributed by atoms with Crippen molar-refractivity contribution in [1.29, 1.82) is 0 Å². The van der Waals surface area contributed by atoms with Gasteiger partial charge in [-0.25, -0.2) is 4.39 Å². The highest BCUT2D eigenvalue weighted by Crippen LogP contribution is 2.36. The van der Waals surface area contributed by atoms with Crippen molar-refractivity contribution in [3.05, 3.63) is 33.1 Å². The smallest absolute Gasteiger partial charge is 0.147 e. The zero-order valence-corrected chi connectivity index (χ0v) is 10.9. The summed E-state index contributed by atoms with van der Waals surface area (Å²) in [6.45, 7) is 7.94. The van der Waals surface area contributed by atoms with Crippen molar-refractivity contribution in [1.82, 2.24) is 0 Å². The van der Waals surface area contributed by atoms with Gasteiger partial charge in [0.05, 0.1) is 10.0 Å². The number of hydrogen-bond donors (Lipinski definition) is 0. The molecule has 0 amide bonds. The Balaban J connectivity index is 3.51. The summed E-state index contributed by atoms with van der Waals surface area (Å²) < 4.78 is 13.9. The number of halogens is 3. The molecular formula is C12H15Cl2F. The first kappa shape index (κ1) is 12.8. The van der Waals surface area contributed by atoms with E-state index in [9.17, 15) is 4.39 Å². The van der Waals surface area contributed by atoms with Gasteiger partial charge in [0.15, 0.2) is 0 Å². The lowest BCUT2D eigenvalue weighted by Gasteiger charge is -2.18. The maximum atomic E-state index is 13.9. The number of hydrogen-bond acceptors (Lipinski definition) is 0. The summed E-state index contributed by atoms with van der Waals surface area (Å²) in [5.74, 6) is -0.0216. The largest absolute Gasteiger partial charge is 0.205 e. The Morgan fingerprint density at radius 1 is 1.07 bits per heavy atom. The van der Waals surface area contributed by atoms with Crippen LogP contribution in [0.25, 0.3) is 0 Å².